The number of rotatable bonds is 8. The van der Waals surface area contributed by atoms with Gasteiger partial charge >= 0.3 is 0 Å². The van der Waals surface area contributed by atoms with E-state index in [1.54, 1.807) is 7.11 Å². The van der Waals surface area contributed by atoms with E-state index in [0.717, 1.165) is 32.5 Å². The Kier molecular flexibility index (Phi) is 8.02. The van der Waals surface area contributed by atoms with E-state index in [2.05, 4.69) is 17.6 Å². The van der Waals surface area contributed by atoms with Crippen LogP contribution in [-0.2, 0) is 14.3 Å². The second-order valence-corrected chi connectivity index (χ2v) is 5.26. The standard InChI is InChI=1S/C14H28N2O3/c1-11(13-5-9-19-10-6-13)16-12(2)14(17)15-7-4-8-18-3/h11-13,16H,4-10H2,1-3H3,(H,15,17). The van der Waals surface area contributed by atoms with Crippen molar-refractivity contribution in [3.05, 3.63) is 0 Å². The van der Waals surface area contributed by atoms with E-state index >= 15 is 0 Å². The number of carbonyl (C=O) groups is 1. The molecule has 1 aliphatic rings. The first kappa shape index (κ1) is 16.4. The van der Waals surface area contributed by atoms with Crippen LogP contribution in [0.5, 0.6) is 0 Å². The number of ether oxygens (including phenoxy) is 2. The smallest absolute Gasteiger partial charge is 0.236 e. The fraction of sp³-hybridized carbons (Fsp3) is 0.929. The average molecular weight is 272 g/mol. The van der Waals surface area contributed by atoms with Gasteiger partial charge in [-0.1, -0.05) is 0 Å². The summed E-state index contributed by atoms with van der Waals surface area (Å²) in [5.41, 5.74) is 0. The molecule has 5 heteroatoms. The summed E-state index contributed by atoms with van der Waals surface area (Å²) in [5, 5.41) is 6.31. The molecule has 1 rings (SSSR count). The van der Waals surface area contributed by atoms with Crippen LogP contribution in [0.4, 0.5) is 0 Å². The van der Waals surface area contributed by atoms with Crippen molar-refractivity contribution in [1.29, 1.82) is 0 Å². The van der Waals surface area contributed by atoms with E-state index in [1.165, 1.54) is 0 Å². The predicted molar refractivity (Wildman–Crippen MR) is 75.1 cm³/mol. The molecule has 0 aliphatic carbocycles. The summed E-state index contributed by atoms with van der Waals surface area (Å²) in [6.07, 6.45) is 3.01. The molecule has 1 fully saturated rings. The highest BCUT2D eigenvalue weighted by atomic mass is 16.5. The van der Waals surface area contributed by atoms with E-state index in [-0.39, 0.29) is 11.9 Å². The molecule has 1 aliphatic heterocycles. The monoisotopic (exact) mass is 272 g/mol. The third kappa shape index (κ3) is 6.36. The number of hydrogen-bond acceptors (Lipinski definition) is 4. The molecule has 2 N–H and O–H groups in total. The van der Waals surface area contributed by atoms with Gasteiger partial charge in [-0.05, 0) is 39.0 Å². The Bertz CT molecular complexity index is 255. The van der Waals surface area contributed by atoms with Crippen LogP contribution in [0, 0.1) is 5.92 Å². The maximum absolute atomic E-state index is 11.9. The van der Waals surface area contributed by atoms with Gasteiger partial charge in [-0.2, -0.15) is 0 Å². The Morgan fingerprint density at radius 3 is 2.68 bits per heavy atom. The van der Waals surface area contributed by atoms with Gasteiger partial charge in [0.2, 0.25) is 5.91 Å². The number of amides is 1. The van der Waals surface area contributed by atoms with Crippen molar-refractivity contribution in [3.8, 4) is 0 Å². The summed E-state index contributed by atoms with van der Waals surface area (Å²) in [6, 6.07) is 0.198. The van der Waals surface area contributed by atoms with Gasteiger partial charge < -0.3 is 20.1 Å². The number of carbonyl (C=O) groups excluding carboxylic acids is 1. The van der Waals surface area contributed by atoms with E-state index in [9.17, 15) is 4.79 Å². The molecule has 1 amide bonds. The lowest BCUT2D eigenvalue weighted by Gasteiger charge is -2.30. The molecule has 0 radical (unpaired) electrons. The molecule has 0 aromatic heterocycles. The van der Waals surface area contributed by atoms with Crippen molar-refractivity contribution in [1.82, 2.24) is 10.6 Å². The zero-order valence-electron chi connectivity index (χ0n) is 12.4. The van der Waals surface area contributed by atoms with E-state index < -0.39 is 0 Å². The van der Waals surface area contributed by atoms with Crippen LogP contribution >= 0.6 is 0 Å². The molecule has 2 unspecified atom stereocenters. The van der Waals surface area contributed by atoms with Gasteiger partial charge in [0.15, 0.2) is 0 Å². The third-order valence-electron chi connectivity index (χ3n) is 3.70. The molecule has 2 atom stereocenters. The summed E-state index contributed by atoms with van der Waals surface area (Å²) >= 11 is 0. The number of methoxy groups -OCH3 is 1. The highest BCUT2D eigenvalue weighted by Gasteiger charge is 2.23. The van der Waals surface area contributed by atoms with E-state index in [1.807, 2.05) is 6.92 Å². The highest BCUT2D eigenvalue weighted by Crippen LogP contribution is 2.18. The van der Waals surface area contributed by atoms with Crippen LogP contribution in [0.2, 0.25) is 0 Å². The van der Waals surface area contributed by atoms with Gasteiger partial charge in [-0.15, -0.1) is 0 Å². The zero-order valence-corrected chi connectivity index (χ0v) is 12.4. The predicted octanol–water partition coefficient (Wildman–Crippen LogP) is 0.932. The second-order valence-electron chi connectivity index (χ2n) is 5.26. The summed E-state index contributed by atoms with van der Waals surface area (Å²) in [4.78, 5) is 11.9. The van der Waals surface area contributed by atoms with Crippen LogP contribution in [-0.4, -0.2) is 51.5 Å². The molecule has 19 heavy (non-hydrogen) atoms. The maximum Gasteiger partial charge on any atom is 0.236 e. The van der Waals surface area contributed by atoms with Crippen molar-refractivity contribution in [2.75, 3.05) is 33.5 Å². The largest absolute Gasteiger partial charge is 0.385 e. The topological polar surface area (TPSA) is 59.6 Å². The lowest BCUT2D eigenvalue weighted by atomic mass is 9.92. The summed E-state index contributed by atoms with van der Waals surface area (Å²) in [5.74, 6) is 0.674. The SMILES string of the molecule is COCCCNC(=O)C(C)NC(C)C1CCOCC1. The molecule has 0 aromatic rings. The first-order chi connectivity index (χ1) is 9.15. The van der Waals surface area contributed by atoms with E-state index in [4.69, 9.17) is 9.47 Å². The van der Waals surface area contributed by atoms with Crippen molar-refractivity contribution in [2.24, 2.45) is 5.92 Å². The number of nitrogens with one attached hydrogen (secondary N) is 2. The highest BCUT2D eigenvalue weighted by molar-refractivity contribution is 5.81. The maximum atomic E-state index is 11.9. The fourth-order valence-corrected chi connectivity index (χ4v) is 2.40. The molecule has 0 aromatic carbocycles. The summed E-state index contributed by atoms with van der Waals surface area (Å²) < 4.78 is 10.3. The van der Waals surface area contributed by atoms with Gasteiger partial charge in [-0.3, -0.25) is 4.79 Å². The zero-order chi connectivity index (χ0) is 14.1. The Morgan fingerprint density at radius 1 is 1.37 bits per heavy atom. The first-order valence-corrected chi connectivity index (χ1v) is 7.25. The van der Waals surface area contributed by atoms with Crippen molar-refractivity contribution in [3.63, 3.8) is 0 Å². The Hall–Kier alpha value is -0.650. The van der Waals surface area contributed by atoms with Crippen LogP contribution in [0.15, 0.2) is 0 Å². The van der Waals surface area contributed by atoms with Crippen molar-refractivity contribution in [2.45, 2.75) is 45.2 Å². The van der Waals surface area contributed by atoms with Crippen LogP contribution in [0.3, 0.4) is 0 Å². The lowest BCUT2D eigenvalue weighted by Crippen LogP contribution is -2.48. The summed E-state index contributed by atoms with van der Waals surface area (Å²) in [6.45, 7) is 7.11. The quantitative estimate of drug-likeness (QED) is 0.645. The van der Waals surface area contributed by atoms with Crippen LogP contribution in [0.25, 0.3) is 0 Å². The van der Waals surface area contributed by atoms with Crippen molar-refractivity contribution >= 4 is 5.91 Å². The first-order valence-electron chi connectivity index (χ1n) is 7.25. The Labute approximate surface area is 116 Å². The Balaban J connectivity index is 2.20. The van der Waals surface area contributed by atoms with Crippen LogP contribution < -0.4 is 10.6 Å². The Morgan fingerprint density at radius 2 is 2.05 bits per heavy atom. The normalized spacial score (nSPS) is 19.9. The van der Waals surface area contributed by atoms with Crippen LogP contribution in [0.1, 0.15) is 33.1 Å². The molecule has 1 saturated heterocycles. The van der Waals surface area contributed by atoms with Gasteiger partial charge in [0.05, 0.1) is 6.04 Å². The van der Waals surface area contributed by atoms with Gasteiger partial charge in [0.25, 0.3) is 0 Å². The molecule has 112 valence electrons. The van der Waals surface area contributed by atoms with E-state index in [0.29, 0.717) is 25.1 Å². The van der Waals surface area contributed by atoms with Gasteiger partial charge in [0, 0.05) is 39.5 Å². The van der Waals surface area contributed by atoms with Gasteiger partial charge in [-0.25, -0.2) is 0 Å². The molecule has 1 heterocycles. The second kappa shape index (κ2) is 9.28. The van der Waals surface area contributed by atoms with Gasteiger partial charge in [0.1, 0.15) is 0 Å². The number of hydrogen-bond donors (Lipinski definition) is 2. The molecular weight excluding hydrogens is 244 g/mol. The molecular formula is C14H28N2O3. The lowest BCUT2D eigenvalue weighted by molar-refractivity contribution is -0.123. The third-order valence-corrected chi connectivity index (χ3v) is 3.70. The van der Waals surface area contributed by atoms with Crippen molar-refractivity contribution < 1.29 is 14.3 Å². The summed E-state index contributed by atoms with van der Waals surface area (Å²) in [7, 11) is 1.67. The fourth-order valence-electron chi connectivity index (χ4n) is 2.40. The molecule has 5 nitrogen and oxygen atoms in total. The minimum atomic E-state index is -0.152. The molecule has 0 saturated carbocycles. The molecule has 0 spiro atoms. The average Bonchev–Trinajstić information content (AvgIpc) is 2.44. The minimum absolute atomic E-state index is 0.0648. The minimum Gasteiger partial charge on any atom is -0.385 e. The molecule has 0 bridgehead atoms.